The Morgan fingerprint density at radius 2 is 1.74 bits per heavy atom. The topological polar surface area (TPSA) is 117 Å². The number of anilines is 1. The maximum Gasteiger partial charge on any atom is 0.439 e. The standard InChI is InChI=1S/C24H21ClN6O4/c25-18-13-19-22(27-20(18)14-1-5-16(6-2-14)31-9-11-33-12-10-31)28-23(26-19)34-17-7-3-15(4-8-17)21-29-24(32)35-30-21/h1-8,13,19,22H,9-12H2,(H,26,28)(H,29,30,32). The Labute approximate surface area is 204 Å². The Hall–Kier alpha value is -3.89. The van der Waals surface area contributed by atoms with Crippen molar-refractivity contribution in [1.29, 1.82) is 0 Å². The Morgan fingerprint density at radius 3 is 2.46 bits per heavy atom. The van der Waals surface area contributed by atoms with Crippen LogP contribution in [0.15, 0.2) is 78.9 Å². The number of ether oxygens (including phenoxy) is 2. The summed E-state index contributed by atoms with van der Waals surface area (Å²) in [5, 5.41) is 7.46. The number of benzene rings is 2. The molecule has 3 aromatic rings. The van der Waals surface area contributed by atoms with E-state index in [0.29, 0.717) is 33.9 Å². The molecule has 3 aliphatic heterocycles. The van der Waals surface area contributed by atoms with Crippen LogP contribution in [0.25, 0.3) is 11.4 Å². The number of dihydropyridines is 1. The lowest BCUT2D eigenvalue weighted by atomic mass is 10.0. The summed E-state index contributed by atoms with van der Waals surface area (Å²) in [5.74, 6) is 0.318. The van der Waals surface area contributed by atoms with E-state index in [1.165, 1.54) is 0 Å². The molecule has 1 aromatic heterocycles. The van der Waals surface area contributed by atoms with E-state index in [1.807, 2.05) is 18.2 Å². The van der Waals surface area contributed by atoms with Gasteiger partial charge in [0.15, 0.2) is 12.0 Å². The molecule has 1 saturated heterocycles. The summed E-state index contributed by atoms with van der Waals surface area (Å²) in [4.78, 5) is 25.3. The lowest BCUT2D eigenvalue weighted by Crippen LogP contribution is -2.37. The third kappa shape index (κ3) is 4.45. The average Bonchev–Trinajstić information content (AvgIpc) is 3.50. The van der Waals surface area contributed by atoms with E-state index in [2.05, 4.69) is 42.0 Å². The van der Waals surface area contributed by atoms with Crippen LogP contribution in [-0.4, -0.2) is 60.4 Å². The van der Waals surface area contributed by atoms with Crippen molar-refractivity contribution in [2.75, 3.05) is 31.2 Å². The quantitative estimate of drug-likeness (QED) is 0.574. The molecule has 0 aliphatic carbocycles. The normalized spacial score (nSPS) is 21.5. The third-order valence-electron chi connectivity index (χ3n) is 5.97. The maximum atomic E-state index is 11.1. The van der Waals surface area contributed by atoms with Gasteiger partial charge in [0.05, 0.1) is 30.0 Å². The average molecular weight is 493 g/mol. The summed E-state index contributed by atoms with van der Waals surface area (Å²) in [5.41, 5.74) is 3.50. The highest BCUT2D eigenvalue weighted by Crippen LogP contribution is 2.27. The lowest BCUT2D eigenvalue weighted by Gasteiger charge is -2.29. The Kier molecular flexibility index (Phi) is 5.59. The molecule has 11 heteroatoms. The number of H-pyrrole nitrogens is 1. The van der Waals surface area contributed by atoms with Crippen LogP contribution in [0.1, 0.15) is 5.56 Å². The van der Waals surface area contributed by atoms with Gasteiger partial charge in [-0.25, -0.2) is 9.79 Å². The molecule has 3 aliphatic rings. The van der Waals surface area contributed by atoms with Crippen LogP contribution in [-0.2, 0) is 4.74 Å². The summed E-state index contributed by atoms with van der Waals surface area (Å²) < 4.78 is 15.9. The predicted molar refractivity (Wildman–Crippen MR) is 131 cm³/mol. The van der Waals surface area contributed by atoms with Gasteiger partial charge in [0.2, 0.25) is 0 Å². The first-order valence-corrected chi connectivity index (χ1v) is 11.6. The monoisotopic (exact) mass is 492 g/mol. The number of nitrogens with zero attached hydrogens (tertiary/aromatic N) is 4. The van der Waals surface area contributed by atoms with Crippen molar-refractivity contribution >= 4 is 29.0 Å². The molecule has 2 atom stereocenters. The predicted octanol–water partition coefficient (Wildman–Crippen LogP) is 2.52. The first-order valence-electron chi connectivity index (χ1n) is 11.2. The van der Waals surface area contributed by atoms with E-state index < -0.39 is 5.76 Å². The van der Waals surface area contributed by atoms with Gasteiger partial charge in [-0.3, -0.25) is 14.5 Å². The number of amidine groups is 1. The van der Waals surface area contributed by atoms with Crippen LogP contribution in [0, 0.1) is 0 Å². The van der Waals surface area contributed by atoms with Crippen molar-refractivity contribution in [1.82, 2.24) is 15.5 Å². The van der Waals surface area contributed by atoms with Crippen molar-refractivity contribution < 1.29 is 14.0 Å². The fraction of sp³-hybridized carbons (Fsp3) is 0.250. The fourth-order valence-corrected chi connectivity index (χ4v) is 4.48. The number of halogens is 1. The fourth-order valence-electron chi connectivity index (χ4n) is 4.19. The molecule has 0 saturated carbocycles. The molecule has 0 amide bonds. The van der Waals surface area contributed by atoms with Gasteiger partial charge in [-0.05, 0) is 42.5 Å². The van der Waals surface area contributed by atoms with Gasteiger partial charge < -0.3 is 19.7 Å². The SMILES string of the molecule is O=c1[nH]c(-c2ccc(OC3=NC4N=C(c5ccc(N6CCOCC6)cc5)C(Cl)=CC4N3)cc2)no1. The van der Waals surface area contributed by atoms with Crippen LogP contribution >= 0.6 is 11.6 Å². The van der Waals surface area contributed by atoms with Crippen molar-refractivity contribution in [3.8, 4) is 17.1 Å². The number of aromatic amines is 1. The van der Waals surface area contributed by atoms with Gasteiger partial charge in [-0.15, -0.1) is 0 Å². The van der Waals surface area contributed by atoms with E-state index in [1.54, 1.807) is 24.3 Å². The number of nitrogens with one attached hydrogen (secondary N) is 2. The van der Waals surface area contributed by atoms with Crippen molar-refractivity contribution in [3.63, 3.8) is 0 Å². The number of allylic oxidation sites excluding steroid dienone is 1. The van der Waals surface area contributed by atoms with Crippen LogP contribution < -0.4 is 20.7 Å². The van der Waals surface area contributed by atoms with Gasteiger partial charge in [0, 0.05) is 29.9 Å². The number of fused-ring (bicyclic) bond motifs is 1. The van der Waals surface area contributed by atoms with Crippen LogP contribution in [0.5, 0.6) is 5.75 Å². The summed E-state index contributed by atoms with van der Waals surface area (Å²) in [6.45, 7) is 3.26. The molecule has 0 spiro atoms. The second-order valence-corrected chi connectivity index (χ2v) is 8.63. The lowest BCUT2D eigenvalue weighted by molar-refractivity contribution is 0.122. The van der Waals surface area contributed by atoms with Gasteiger partial charge >= 0.3 is 5.76 Å². The molecule has 0 radical (unpaired) electrons. The maximum absolute atomic E-state index is 11.1. The molecular weight excluding hydrogens is 472 g/mol. The third-order valence-corrected chi connectivity index (χ3v) is 6.28. The van der Waals surface area contributed by atoms with Crippen LogP contribution in [0.2, 0.25) is 0 Å². The number of morpholine rings is 1. The molecule has 1 fully saturated rings. The second kappa shape index (κ2) is 9.05. The molecule has 2 unspecified atom stereocenters. The first-order chi connectivity index (χ1) is 17.1. The number of aliphatic imine (C=N–C) groups is 2. The van der Waals surface area contributed by atoms with E-state index >= 15 is 0 Å². The van der Waals surface area contributed by atoms with E-state index in [0.717, 1.165) is 37.6 Å². The van der Waals surface area contributed by atoms with E-state index in [9.17, 15) is 4.79 Å². The van der Waals surface area contributed by atoms with Crippen molar-refractivity contribution in [2.24, 2.45) is 9.98 Å². The van der Waals surface area contributed by atoms with Crippen molar-refractivity contribution in [3.05, 3.63) is 75.8 Å². The Bertz CT molecular complexity index is 1370. The second-order valence-electron chi connectivity index (χ2n) is 8.23. The summed E-state index contributed by atoms with van der Waals surface area (Å²) in [7, 11) is 0. The van der Waals surface area contributed by atoms with Gasteiger partial charge in [-0.2, -0.15) is 0 Å². The van der Waals surface area contributed by atoms with Gasteiger partial charge in [0.1, 0.15) is 5.75 Å². The number of rotatable bonds is 4. The number of aromatic nitrogens is 2. The highest BCUT2D eigenvalue weighted by Gasteiger charge is 2.33. The zero-order valence-electron chi connectivity index (χ0n) is 18.5. The van der Waals surface area contributed by atoms with Crippen LogP contribution in [0.4, 0.5) is 5.69 Å². The molecule has 2 N–H and O–H groups in total. The molecule has 178 valence electrons. The van der Waals surface area contributed by atoms with Gasteiger partial charge in [0.25, 0.3) is 6.02 Å². The number of hydrogen-bond donors (Lipinski definition) is 2. The first kappa shape index (κ1) is 21.6. The molecule has 35 heavy (non-hydrogen) atoms. The molecule has 2 aromatic carbocycles. The number of hydrogen-bond acceptors (Lipinski definition) is 9. The zero-order chi connectivity index (χ0) is 23.8. The highest BCUT2D eigenvalue weighted by molar-refractivity contribution is 6.46. The molecular formula is C24H21ClN6O4. The van der Waals surface area contributed by atoms with E-state index in [4.69, 9.17) is 26.1 Å². The minimum Gasteiger partial charge on any atom is -0.426 e. The summed E-state index contributed by atoms with van der Waals surface area (Å²) in [6.07, 6.45) is 1.54. The van der Waals surface area contributed by atoms with Gasteiger partial charge in [-0.1, -0.05) is 28.9 Å². The molecule has 4 heterocycles. The largest absolute Gasteiger partial charge is 0.439 e. The molecule has 6 rings (SSSR count). The minimum atomic E-state index is -0.605. The smallest absolute Gasteiger partial charge is 0.426 e. The van der Waals surface area contributed by atoms with Crippen LogP contribution in [0.3, 0.4) is 0 Å². The summed E-state index contributed by atoms with van der Waals surface area (Å²) in [6, 6.07) is 15.4. The molecule has 0 bridgehead atoms. The van der Waals surface area contributed by atoms with Crippen molar-refractivity contribution in [2.45, 2.75) is 12.2 Å². The highest BCUT2D eigenvalue weighted by atomic mass is 35.5. The Morgan fingerprint density at radius 1 is 1.00 bits per heavy atom. The summed E-state index contributed by atoms with van der Waals surface area (Å²) >= 11 is 6.59. The van der Waals surface area contributed by atoms with E-state index in [-0.39, 0.29) is 12.2 Å². The minimum absolute atomic E-state index is 0.187. The zero-order valence-corrected chi connectivity index (χ0v) is 19.2. The molecule has 10 nitrogen and oxygen atoms in total. The Balaban J connectivity index is 1.16.